The fourth-order valence-corrected chi connectivity index (χ4v) is 4.28. The molecule has 148 valence electrons. The second-order valence-electron chi connectivity index (χ2n) is 7.53. The number of pyridine rings is 1. The van der Waals surface area contributed by atoms with Crippen molar-refractivity contribution in [1.82, 2.24) is 4.98 Å². The minimum absolute atomic E-state index is 0.0209. The van der Waals surface area contributed by atoms with Gasteiger partial charge in [0.25, 0.3) is 5.91 Å². The molecule has 0 spiro atoms. The highest BCUT2D eigenvalue weighted by Gasteiger charge is 2.29. The highest BCUT2D eigenvalue weighted by molar-refractivity contribution is 6.13. The van der Waals surface area contributed by atoms with Crippen LogP contribution in [0.25, 0.3) is 0 Å². The fraction of sp³-hybridized carbons (Fsp3) is 0.455. The first-order valence-electron chi connectivity index (χ1n) is 10.1. The molecule has 6 nitrogen and oxygen atoms in total. The van der Waals surface area contributed by atoms with Crippen molar-refractivity contribution in [3.05, 3.63) is 42.1 Å². The smallest absolute Gasteiger partial charge is 0.260 e. The number of hydrogen-bond acceptors (Lipinski definition) is 5. The first-order valence-corrected chi connectivity index (χ1v) is 10.1. The molecule has 2 aromatic rings. The number of anilines is 4. The van der Waals surface area contributed by atoms with Crippen LogP contribution in [0.4, 0.5) is 22.9 Å². The third-order valence-corrected chi connectivity index (χ3v) is 5.80. The number of hydrogen-bond donors (Lipinski definition) is 1. The topological polar surface area (TPSA) is 57.7 Å². The summed E-state index contributed by atoms with van der Waals surface area (Å²) in [5, 5.41) is 3.59. The lowest BCUT2D eigenvalue weighted by molar-refractivity contribution is 0.0280. The molecule has 6 heteroatoms. The van der Waals surface area contributed by atoms with Gasteiger partial charge >= 0.3 is 0 Å². The Bertz CT molecular complexity index is 867. The van der Waals surface area contributed by atoms with Crippen molar-refractivity contribution in [3.8, 4) is 0 Å². The van der Waals surface area contributed by atoms with Crippen molar-refractivity contribution in [2.45, 2.75) is 44.8 Å². The molecule has 1 fully saturated rings. The normalized spacial score (nSPS) is 21.8. The number of benzene rings is 1. The maximum atomic E-state index is 12.9. The predicted octanol–water partition coefficient (Wildman–Crippen LogP) is 4.20. The van der Waals surface area contributed by atoms with Gasteiger partial charge in [-0.2, -0.15) is 0 Å². The first-order chi connectivity index (χ1) is 13.6. The van der Waals surface area contributed by atoms with E-state index in [4.69, 9.17) is 4.74 Å². The largest absolute Gasteiger partial charge is 0.376 e. The number of ether oxygens (including phenoxy) is 1. The Morgan fingerprint density at radius 1 is 1.11 bits per heavy atom. The van der Waals surface area contributed by atoms with Gasteiger partial charge in [0.05, 0.1) is 41.0 Å². The number of nitrogens with zero attached hydrogens (tertiary/aromatic N) is 3. The fourth-order valence-electron chi connectivity index (χ4n) is 4.28. The van der Waals surface area contributed by atoms with Gasteiger partial charge in [-0.05, 0) is 31.9 Å². The predicted molar refractivity (Wildman–Crippen MR) is 113 cm³/mol. The van der Waals surface area contributed by atoms with Crippen LogP contribution >= 0.6 is 0 Å². The summed E-state index contributed by atoms with van der Waals surface area (Å²) in [6.45, 7) is 2.78. The van der Waals surface area contributed by atoms with Crippen LogP contribution in [0, 0.1) is 0 Å². The summed E-state index contributed by atoms with van der Waals surface area (Å²) in [6.07, 6.45) is 6.60. The molecule has 2 atom stereocenters. The Labute approximate surface area is 166 Å². The summed E-state index contributed by atoms with van der Waals surface area (Å²) in [5.74, 6) is 0.801. The number of carbonyl (C=O) groups excluding carboxylic acids is 1. The van der Waals surface area contributed by atoms with Crippen LogP contribution in [-0.2, 0) is 4.74 Å². The Hall–Kier alpha value is -2.60. The molecular formula is C22H28N4O2. The Kier molecular flexibility index (Phi) is 5.22. The summed E-state index contributed by atoms with van der Waals surface area (Å²) in [6, 6.07) is 10.0. The van der Waals surface area contributed by atoms with Crippen molar-refractivity contribution in [3.63, 3.8) is 0 Å². The summed E-state index contributed by atoms with van der Waals surface area (Å²) in [7, 11) is 3.80. The number of rotatable bonds is 4. The quantitative estimate of drug-likeness (QED) is 0.861. The van der Waals surface area contributed by atoms with Gasteiger partial charge in [0.1, 0.15) is 5.82 Å². The van der Waals surface area contributed by atoms with E-state index in [2.05, 4.69) is 15.2 Å². The van der Waals surface area contributed by atoms with E-state index in [1.165, 1.54) is 12.8 Å². The van der Waals surface area contributed by atoms with E-state index < -0.39 is 0 Å². The number of nitrogens with one attached hydrogen (secondary N) is 1. The van der Waals surface area contributed by atoms with Crippen LogP contribution in [0.3, 0.4) is 0 Å². The lowest BCUT2D eigenvalue weighted by Gasteiger charge is -2.32. The summed E-state index contributed by atoms with van der Waals surface area (Å²) in [5.41, 5.74) is 3.36. The molecule has 2 aliphatic rings. The van der Waals surface area contributed by atoms with E-state index in [9.17, 15) is 4.79 Å². The maximum absolute atomic E-state index is 12.9. The Morgan fingerprint density at radius 3 is 2.71 bits per heavy atom. The van der Waals surface area contributed by atoms with E-state index >= 15 is 0 Å². The molecule has 1 saturated carbocycles. The van der Waals surface area contributed by atoms with Crippen molar-refractivity contribution in [1.29, 1.82) is 0 Å². The highest BCUT2D eigenvalue weighted by Crippen LogP contribution is 2.40. The molecule has 4 rings (SSSR count). The lowest BCUT2D eigenvalue weighted by Crippen LogP contribution is -2.38. The molecule has 1 aliphatic carbocycles. The Balaban J connectivity index is 1.67. The third kappa shape index (κ3) is 3.33. The van der Waals surface area contributed by atoms with Crippen LogP contribution in [0.1, 0.15) is 43.0 Å². The monoisotopic (exact) mass is 380 g/mol. The molecule has 1 amide bonds. The van der Waals surface area contributed by atoms with Crippen LogP contribution in [0.2, 0.25) is 0 Å². The van der Waals surface area contributed by atoms with Gasteiger partial charge in [-0.1, -0.05) is 25.0 Å². The van der Waals surface area contributed by atoms with Crippen LogP contribution in [-0.4, -0.2) is 43.7 Å². The van der Waals surface area contributed by atoms with E-state index in [1.807, 2.05) is 44.3 Å². The van der Waals surface area contributed by atoms with Gasteiger partial charge in [-0.25, -0.2) is 4.98 Å². The molecule has 1 aliphatic heterocycles. The van der Waals surface area contributed by atoms with Crippen molar-refractivity contribution >= 4 is 28.8 Å². The molecule has 28 heavy (non-hydrogen) atoms. The van der Waals surface area contributed by atoms with E-state index in [0.29, 0.717) is 5.56 Å². The van der Waals surface area contributed by atoms with Crippen molar-refractivity contribution in [2.75, 3.05) is 35.8 Å². The number of fused-ring (bicyclic) bond motifs is 2. The van der Waals surface area contributed by atoms with E-state index in [-0.39, 0.29) is 18.1 Å². The summed E-state index contributed by atoms with van der Waals surface area (Å²) >= 11 is 0. The molecule has 2 heterocycles. The van der Waals surface area contributed by atoms with Gasteiger partial charge in [-0.15, -0.1) is 0 Å². The standard InChI is InChI=1S/C22H28N4O2/c1-4-28-20-12-8-6-10-16(20)24-21-13-18-19(14-23-21)26(3)22(27)15-9-5-7-11-17(15)25(18)2/h5,7,9,11,13-14,16,20H,4,6,8,10,12H2,1-3H3,(H,23,24)/t16-,20+/m0/s1. The van der Waals surface area contributed by atoms with Gasteiger partial charge in [0, 0.05) is 26.8 Å². The average Bonchev–Trinajstić information content (AvgIpc) is 2.80. The van der Waals surface area contributed by atoms with Crippen LogP contribution in [0.15, 0.2) is 36.5 Å². The van der Waals surface area contributed by atoms with E-state index in [0.717, 1.165) is 42.3 Å². The Morgan fingerprint density at radius 2 is 1.89 bits per heavy atom. The van der Waals surface area contributed by atoms with Gasteiger partial charge in [0.2, 0.25) is 0 Å². The number of aromatic nitrogens is 1. The second-order valence-corrected chi connectivity index (χ2v) is 7.53. The lowest BCUT2D eigenvalue weighted by atomic mass is 9.92. The molecule has 1 aromatic carbocycles. The van der Waals surface area contributed by atoms with Gasteiger partial charge < -0.3 is 19.9 Å². The van der Waals surface area contributed by atoms with E-state index in [1.54, 1.807) is 18.1 Å². The molecular weight excluding hydrogens is 352 g/mol. The SMILES string of the molecule is CCO[C@@H]1CCCC[C@@H]1Nc1cc2c(cn1)N(C)C(=O)c1ccccc1N2C. The second kappa shape index (κ2) is 7.80. The maximum Gasteiger partial charge on any atom is 0.260 e. The minimum atomic E-state index is -0.0209. The van der Waals surface area contributed by atoms with Gasteiger partial charge in [0.15, 0.2) is 0 Å². The number of amides is 1. The van der Waals surface area contributed by atoms with Crippen molar-refractivity contribution < 1.29 is 9.53 Å². The van der Waals surface area contributed by atoms with Crippen LogP contribution in [0.5, 0.6) is 0 Å². The zero-order chi connectivity index (χ0) is 19.7. The highest BCUT2D eigenvalue weighted by atomic mass is 16.5. The average molecular weight is 380 g/mol. The number of para-hydroxylation sites is 1. The zero-order valence-corrected chi connectivity index (χ0v) is 16.8. The summed E-state index contributed by atoms with van der Waals surface area (Å²) in [4.78, 5) is 21.3. The zero-order valence-electron chi connectivity index (χ0n) is 16.8. The van der Waals surface area contributed by atoms with Gasteiger partial charge in [-0.3, -0.25) is 4.79 Å². The van der Waals surface area contributed by atoms with Crippen molar-refractivity contribution in [2.24, 2.45) is 0 Å². The molecule has 0 unspecified atom stereocenters. The minimum Gasteiger partial charge on any atom is -0.376 e. The van der Waals surface area contributed by atoms with Crippen LogP contribution < -0.4 is 15.1 Å². The molecule has 1 aromatic heterocycles. The number of carbonyl (C=O) groups is 1. The molecule has 1 N–H and O–H groups in total. The first kappa shape index (κ1) is 18.7. The molecule has 0 bridgehead atoms. The molecule has 0 saturated heterocycles. The molecule has 0 radical (unpaired) electrons. The third-order valence-electron chi connectivity index (χ3n) is 5.80. The summed E-state index contributed by atoms with van der Waals surface area (Å²) < 4.78 is 5.95.